The summed E-state index contributed by atoms with van der Waals surface area (Å²) in [6.45, 7) is 0. The van der Waals surface area contributed by atoms with E-state index in [1.165, 1.54) is 27.4 Å². The highest BCUT2D eigenvalue weighted by atomic mass is 16.5. The Balaban J connectivity index is 1.90. The summed E-state index contributed by atoms with van der Waals surface area (Å²) in [6, 6.07) is 19.3. The Kier molecular flexibility index (Phi) is 6.17. The van der Waals surface area contributed by atoms with Crippen molar-refractivity contribution in [1.82, 2.24) is 15.0 Å². The molecule has 1 aromatic heterocycles. The second kappa shape index (κ2) is 9.35. The van der Waals surface area contributed by atoms with Crippen LogP contribution >= 0.6 is 0 Å². The Bertz CT molecular complexity index is 1310. The zero-order valence-corrected chi connectivity index (χ0v) is 18.3. The SMILES string of the molecule is COC(=O)c1ccc(-c2nc(-c3ccccc3)nc(-c3ccc(OC)cc3O)n2)cc1OC. The van der Waals surface area contributed by atoms with Crippen molar-refractivity contribution in [3.63, 3.8) is 0 Å². The molecule has 166 valence electrons. The molecule has 1 N–H and O–H groups in total. The number of carbonyl (C=O) groups excluding carboxylic acids is 1. The summed E-state index contributed by atoms with van der Waals surface area (Å²) in [5.41, 5.74) is 2.10. The lowest BCUT2D eigenvalue weighted by atomic mass is 10.1. The van der Waals surface area contributed by atoms with E-state index in [2.05, 4.69) is 15.0 Å². The smallest absolute Gasteiger partial charge is 0.341 e. The number of esters is 1. The zero-order chi connectivity index (χ0) is 23.4. The van der Waals surface area contributed by atoms with E-state index >= 15 is 0 Å². The molecule has 0 radical (unpaired) electrons. The Morgan fingerprint density at radius 2 is 1.45 bits per heavy atom. The van der Waals surface area contributed by atoms with Gasteiger partial charge in [0.25, 0.3) is 0 Å². The summed E-state index contributed by atoms with van der Waals surface area (Å²) in [4.78, 5) is 25.8. The molecule has 0 bridgehead atoms. The van der Waals surface area contributed by atoms with Crippen LogP contribution in [0.1, 0.15) is 10.4 Å². The van der Waals surface area contributed by atoms with E-state index < -0.39 is 5.97 Å². The number of phenols is 1. The number of hydrogen-bond acceptors (Lipinski definition) is 8. The van der Waals surface area contributed by atoms with Gasteiger partial charge in [0.1, 0.15) is 22.8 Å². The molecular weight excluding hydrogens is 422 g/mol. The lowest BCUT2D eigenvalue weighted by Crippen LogP contribution is -2.05. The second-order valence-electron chi connectivity index (χ2n) is 6.96. The lowest BCUT2D eigenvalue weighted by molar-refractivity contribution is 0.0597. The second-order valence-corrected chi connectivity index (χ2v) is 6.96. The molecule has 0 atom stereocenters. The van der Waals surface area contributed by atoms with Crippen molar-refractivity contribution in [3.8, 4) is 51.4 Å². The Labute approximate surface area is 190 Å². The average molecular weight is 443 g/mol. The summed E-state index contributed by atoms with van der Waals surface area (Å²) in [6.07, 6.45) is 0. The zero-order valence-electron chi connectivity index (χ0n) is 18.3. The molecule has 1 heterocycles. The monoisotopic (exact) mass is 443 g/mol. The van der Waals surface area contributed by atoms with Crippen molar-refractivity contribution in [2.45, 2.75) is 0 Å². The van der Waals surface area contributed by atoms with Gasteiger partial charge in [0.05, 0.1) is 26.9 Å². The largest absolute Gasteiger partial charge is 0.507 e. The van der Waals surface area contributed by atoms with Crippen LogP contribution in [-0.4, -0.2) is 47.4 Å². The molecule has 0 spiro atoms. The maximum atomic E-state index is 12.0. The number of aromatic hydroxyl groups is 1. The summed E-state index contributed by atoms with van der Waals surface area (Å²) in [7, 11) is 4.30. The molecule has 0 aliphatic carbocycles. The summed E-state index contributed by atoms with van der Waals surface area (Å²) in [5.74, 6) is 1.37. The Hall–Kier alpha value is -4.46. The molecule has 0 fully saturated rings. The molecule has 3 aromatic carbocycles. The fourth-order valence-corrected chi connectivity index (χ4v) is 3.28. The molecule has 8 heteroatoms. The van der Waals surface area contributed by atoms with E-state index in [1.54, 1.807) is 30.3 Å². The molecule has 33 heavy (non-hydrogen) atoms. The Morgan fingerprint density at radius 1 is 0.758 bits per heavy atom. The summed E-state index contributed by atoms with van der Waals surface area (Å²) < 4.78 is 15.4. The highest BCUT2D eigenvalue weighted by Crippen LogP contribution is 2.33. The fraction of sp³-hybridized carbons (Fsp3) is 0.120. The number of methoxy groups -OCH3 is 3. The first kappa shape index (κ1) is 21.8. The molecule has 4 aromatic rings. The van der Waals surface area contributed by atoms with Gasteiger partial charge >= 0.3 is 5.97 Å². The molecule has 4 rings (SSSR count). The van der Waals surface area contributed by atoms with E-state index in [0.717, 1.165) is 5.56 Å². The van der Waals surface area contributed by atoms with Gasteiger partial charge in [-0.05, 0) is 24.3 Å². The maximum Gasteiger partial charge on any atom is 0.341 e. The number of hydrogen-bond donors (Lipinski definition) is 1. The van der Waals surface area contributed by atoms with Crippen molar-refractivity contribution in [1.29, 1.82) is 0 Å². The maximum absolute atomic E-state index is 12.0. The molecular formula is C25H21N3O5. The van der Waals surface area contributed by atoms with Gasteiger partial charge < -0.3 is 19.3 Å². The first-order valence-corrected chi connectivity index (χ1v) is 9.99. The normalized spacial score (nSPS) is 10.5. The number of aromatic nitrogens is 3. The molecule has 0 saturated heterocycles. The van der Waals surface area contributed by atoms with Gasteiger partial charge in [0.15, 0.2) is 17.5 Å². The number of ether oxygens (including phenoxy) is 3. The van der Waals surface area contributed by atoms with Gasteiger partial charge in [-0.15, -0.1) is 0 Å². The van der Waals surface area contributed by atoms with Crippen molar-refractivity contribution < 1.29 is 24.1 Å². The van der Waals surface area contributed by atoms with Crippen LogP contribution in [0.5, 0.6) is 17.2 Å². The molecule has 0 aliphatic heterocycles. The van der Waals surface area contributed by atoms with E-state index in [4.69, 9.17) is 14.2 Å². The molecule has 0 saturated carbocycles. The van der Waals surface area contributed by atoms with Gasteiger partial charge in [0, 0.05) is 17.2 Å². The standard InChI is InChI=1S/C25H21N3O5/c1-31-17-10-12-18(20(29)14-17)24-27-22(15-7-5-4-6-8-15)26-23(28-24)16-9-11-19(25(30)33-3)21(13-16)32-2/h4-14,29H,1-3H3. The minimum absolute atomic E-state index is 0.0240. The van der Waals surface area contributed by atoms with Crippen LogP contribution < -0.4 is 9.47 Å². The minimum Gasteiger partial charge on any atom is -0.507 e. The highest BCUT2D eigenvalue weighted by molar-refractivity contribution is 5.93. The van der Waals surface area contributed by atoms with Crippen LogP contribution in [-0.2, 0) is 4.74 Å². The third kappa shape index (κ3) is 4.45. The fourth-order valence-electron chi connectivity index (χ4n) is 3.28. The number of carbonyl (C=O) groups is 1. The van der Waals surface area contributed by atoms with E-state index in [0.29, 0.717) is 34.3 Å². The molecule has 0 amide bonds. The number of rotatable bonds is 6. The van der Waals surface area contributed by atoms with Crippen molar-refractivity contribution in [2.75, 3.05) is 21.3 Å². The van der Waals surface area contributed by atoms with Gasteiger partial charge in [-0.25, -0.2) is 19.7 Å². The number of phenolic OH excluding ortho intramolecular Hbond substituents is 1. The van der Waals surface area contributed by atoms with Crippen LogP contribution in [0.2, 0.25) is 0 Å². The Morgan fingerprint density at radius 3 is 2.09 bits per heavy atom. The minimum atomic E-state index is -0.511. The molecule has 0 aliphatic rings. The van der Waals surface area contributed by atoms with Gasteiger partial charge in [-0.1, -0.05) is 36.4 Å². The third-order valence-corrected chi connectivity index (χ3v) is 4.98. The van der Waals surface area contributed by atoms with Crippen molar-refractivity contribution in [3.05, 3.63) is 72.3 Å². The van der Waals surface area contributed by atoms with Gasteiger partial charge in [0.2, 0.25) is 0 Å². The average Bonchev–Trinajstić information content (AvgIpc) is 2.87. The third-order valence-electron chi connectivity index (χ3n) is 4.98. The van der Waals surface area contributed by atoms with Crippen molar-refractivity contribution in [2.24, 2.45) is 0 Å². The highest BCUT2D eigenvalue weighted by Gasteiger charge is 2.18. The number of nitrogens with zero attached hydrogens (tertiary/aromatic N) is 3. The van der Waals surface area contributed by atoms with Crippen LogP contribution in [0.3, 0.4) is 0 Å². The number of benzene rings is 3. The van der Waals surface area contributed by atoms with Gasteiger partial charge in [-0.3, -0.25) is 0 Å². The lowest BCUT2D eigenvalue weighted by Gasteiger charge is -2.12. The summed E-state index contributed by atoms with van der Waals surface area (Å²) in [5, 5.41) is 10.6. The van der Waals surface area contributed by atoms with Crippen LogP contribution in [0, 0.1) is 0 Å². The van der Waals surface area contributed by atoms with E-state index in [1.807, 2.05) is 30.3 Å². The predicted octanol–water partition coefficient (Wildman–Crippen LogP) is 4.38. The quantitative estimate of drug-likeness (QED) is 0.438. The molecule has 8 nitrogen and oxygen atoms in total. The van der Waals surface area contributed by atoms with Gasteiger partial charge in [-0.2, -0.15) is 0 Å². The van der Waals surface area contributed by atoms with Crippen molar-refractivity contribution >= 4 is 5.97 Å². The molecule has 0 unspecified atom stereocenters. The predicted molar refractivity (Wildman–Crippen MR) is 122 cm³/mol. The van der Waals surface area contributed by atoms with E-state index in [-0.39, 0.29) is 17.1 Å². The van der Waals surface area contributed by atoms with Crippen LogP contribution in [0.4, 0.5) is 0 Å². The first-order valence-electron chi connectivity index (χ1n) is 9.99. The summed E-state index contributed by atoms with van der Waals surface area (Å²) >= 11 is 0. The topological polar surface area (TPSA) is 104 Å². The van der Waals surface area contributed by atoms with Crippen LogP contribution in [0.25, 0.3) is 34.2 Å². The first-order chi connectivity index (χ1) is 16.0. The van der Waals surface area contributed by atoms with Crippen LogP contribution in [0.15, 0.2) is 66.7 Å². The van der Waals surface area contributed by atoms with E-state index in [9.17, 15) is 9.90 Å².